The Morgan fingerprint density at radius 3 is 2.53 bits per heavy atom. The molecule has 0 aliphatic rings. The van der Waals surface area contributed by atoms with Crippen molar-refractivity contribution in [1.29, 1.82) is 0 Å². The molecule has 2 N–H and O–H groups in total. The minimum absolute atomic E-state index is 0.0328. The van der Waals surface area contributed by atoms with Crippen LogP contribution in [0.2, 0.25) is 0 Å². The normalized spacial score (nSPS) is 11.3. The quantitative estimate of drug-likeness (QED) is 0.706. The molecule has 4 nitrogen and oxygen atoms in total. The molecule has 0 heterocycles. The molecule has 0 radical (unpaired) electrons. The molecule has 0 bridgehead atoms. The minimum Gasteiger partial charge on any atom is -0.396 e. The molecule has 0 aliphatic heterocycles. The first-order valence-corrected chi connectivity index (χ1v) is 5.53. The highest BCUT2D eigenvalue weighted by molar-refractivity contribution is 5.73. The summed E-state index contributed by atoms with van der Waals surface area (Å²) >= 11 is 0. The van der Waals surface area contributed by atoms with E-state index in [0.717, 1.165) is 12.8 Å². The summed E-state index contributed by atoms with van der Waals surface area (Å²) in [7, 11) is 1.77. The number of rotatable bonds is 6. The SMILES string of the molecule is CCN(C)C(=O)NCC(C)(C)CCCO. The van der Waals surface area contributed by atoms with E-state index in [-0.39, 0.29) is 18.1 Å². The van der Waals surface area contributed by atoms with Gasteiger partial charge >= 0.3 is 6.03 Å². The van der Waals surface area contributed by atoms with Crippen molar-refractivity contribution < 1.29 is 9.90 Å². The maximum absolute atomic E-state index is 11.5. The number of nitrogens with zero attached hydrogens (tertiary/aromatic N) is 1. The lowest BCUT2D eigenvalue weighted by Gasteiger charge is -2.26. The molecule has 0 aromatic carbocycles. The van der Waals surface area contributed by atoms with Gasteiger partial charge in [-0.15, -0.1) is 0 Å². The van der Waals surface area contributed by atoms with E-state index in [1.165, 1.54) is 0 Å². The summed E-state index contributed by atoms with van der Waals surface area (Å²) in [6, 6.07) is -0.0328. The van der Waals surface area contributed by atoms with Crippen LogP contribution < -0.4 is 5.32 Å². The number of carbonyl (C=O) groups is 1. The molecule has 0 saturated carbocycles. The van der Waals surface area contributed by atoms with Crippen LogP contribution in [0.5, 0.6) is 0 Å². The molecule has 0 spiro atoms. The number of urea groups is 1. The van der Waals surface area contributed by atoms with Crippen molar-refractivity contribution in [3.05, 3.63) is 0 Å². The van der Waals surface area contributed by atoms with E-state index in [2.05, 4.69) is 19.2 Å². The van der Waals surface area contributed by atoms with Gasteiger partial charge in [0.15, 0.2) is 0 Å². The first-order valence-electron chi connectivity index (χ1n) is 5.53. The maximum atomic E-state index is 11.5. The van der Waals surface area contributed by atoms with Crippen LogP contribution in [0.25, 0.3) is 0 Å². The van der Waals surface area contributed by atoms with Gasteiger partial charge in [0.25, 0.3) is 0 Å². The highest BCUT2D eigenvalue weighted by atomic mass is 16.3. The predicted octanol–water partition coefficient (Wildman–Crippen LogP) is 1.45. The second-order valence-corrected chi connectivity index (χ2v) is 4.66. The van der Waals surface area contributed by atoms with Gasteiger partial charge in [-0.2, -0.15) is 0 Å². The second-order valence-electron chi connectivity index (χ2n) is 4.66. The monoisotopic (exact) mass is 216 g/mol. The van der Waals surface area contributed by atoms with Gasteiger partial charge in [0.1, 0.15) is 0 Å². The molecule has 0 atom stereocenters. The zero-order valence-electron chi connectivity index (χ0n) is 10.3. The van der Waals surface area contributed by atoms with Crippen molar-refractivity contribution in [2.75, 3.05) is 26.7 Å². The highest BCUT2D eigenvalue weighted by Gasteiger charge is 2.18. The Bertz CT molecular complexity index is 193. The number of amides is 2. The lowest BCUT2D eigenvalue weighted by Crippen LogP contribution is -2.41. The van der Waals surface area contributed by atoms with E-state index < -0.39 is 0 Å². The molecule has 0 aliphatic carbocycles. The lowest BCUT2D eigenvalue weighted by atomic mass is 9.88. The van der Waals surface area contributed by atoms with Crippen LogP contribution in [0.15, 0.2) is 0 Å². The Hall–Kier alpha value is -0.770. The third kappa shape index (κ3) is 6.33. The molecule has 0 fully saturated rings. The van der Waals surface area contributed by atoms with Crippen LogP contribution in [-0.2, 0) is 0 Å². The van der Waals surface area contributed by atoms with Crippen molar-refractivity contribution in [2.45, 2.75) is 33.6 Å². The smallest absolute Gasteiger partial charge is 0.317 e. The first-order chi connectivity index (χ1) is 6.93. The van der Waals surface area contributed by atoms with Gasteiger partial charge in [-0.05, 0) is 25.2 Å². The van der Waals surface area contributed by atoms with Gasteiger partial charge < -0.3 is 15.3 Å². The Morgan fingerprint density at radius 1 is 1.47 bits per heavy atom. The van der Waals surface area contributed by atoms with Crippen molar-refractivity contribution in [2.24, 2.45) is 5.41 Å². The zero-order chi connectivity index (χ0) is 11.9. The number of hydrogen-bond donors (Lipinski definition) is 2. The average Bonchev–Trinajstić information content (AvgIpc) is 2.22. The molecular weight excluding hydrogens is 192 g/mol. The topological polar surface area (TPSA) is 52.6 Å². The Morgan fingerprint density at radius 2 is 2.07 bits per heavy atom. The van der Waals surface area contributed by atoms with E-state index >= 15 is 0 Å². The van der Waals surface area contributed by atoms with Crippen LogP contribution in [0.1, 0.15) is 33.6 Å². The van der Waals surface area contributed by atoms with Gasteiger partial charge in [-0.25, -0.2) is 4.79 Å². The Labute approximate surface area is 92.7 Å². The molecule has 2 amide bonds. The fraction of sp³-hybridized carbons (Fsp3) is 0.909. The molecule has 15 heavy (non-hydrogen) atoms. The maximum Gasteiger partial charge on any atom is 0.317 e. The van der Waals surface area contributed by atoms with Crippen molar-refractivity contribution in [3.63, 3.8) is 0 Å². The molecule has 0 unspecified atom stereocenters. The molecule has 90 valence electrons. The van der Waals surface area contributed by atoms with E-state index in [0.29, 0.717) is 13.1 Å². The number of hydrogen-bond acceptors (Lipinski definition) is 2. The number of aliphatic hydroxyl groups is 1. The third-order valence-corrected chi connectivity index (χ3v) is 2.55. The van der Waals surface area contributed by atoms with Gasteiger partial charge in [-0.1, -0.05) is 13.8 Å². The van der Waals surface area contributed by atoms with Crippen molar-refractivity contribution in [3.8, 4) is 0 Å². The van der Waals surface area contributed by atoms with Crippen molar-refractivity contribution >= 4 is 6.03 Å². The molecular formula is C11H24N2O2. The first kappa shape index (κ1) is 14.2. The lowest BCUT2D eigenvalue weighted by molar-refractivity contribution is 0.198. The number of aliphatic hydroxyl groups excluding tert-OH is 1. The van der Waals surface area contributed by atoms with Crippen LogP contribution in [0.3, 0.4) is 0 Å². The van der Waals surface area contributed by atoms with Crippen molar-refractivity contribution in [1.82, 2.24) is 10.2 Å². The summed E-state index contributed by atoms with van der Waals surface area (Å²) in [5, 5.41) is 11.6. The summed E-state index contributed by atoms with van der Waals surface area (Å²) in [4.78, 5) is 13.1. The molecule has 0 rings (SSSR count). The summed E-state index contributed by atoms with van der Waals surface area (Å²) < 4.78 is 0. The zero-order valence-corrected chi connectivity index (χ0v) is 10.3. The van der Waals surface area contributed by atoms with Gasteiger partial charge in [0.05, 0.1) is 0 Å². The molecule has 0 saturated heterocycles. The number of carbonyl (C=O) groups excluding carboxylic acids is 1. The Balaban J connectivity index is 3.86. The van der Waals surface area contributed by atoms with Crippen LogP contribution in [-0.4, -0.2) is 42.8 Å². The van der Waals surface area contributed by atoms with Crippen LogP contribution >= 0.6 is 0 Å². The van der Waals surface area contributed by atoms with Gasteiger partial charge in [-0.3, -0.25) is 0 Å². The van der Waals surface area contributed by atoms with Gasteiger partial charge in [0, 0.05) is 26.7 Å². The largest absolute Gasteiger partial charge is 0.396 e. The van der Waals surface area contributed by atoms with E-state index in [1.807, 2.05) is 6.92 Å². The second kappa shape index (κ2) is 6.67. The molecule has 0 aromatic heterocycles. The molecule has 0 aromatic rings. The summed E-state index contributed by atoms with van der Waals surface area (Å²) in [6.45, 7) is 7.70. The van der Waals surface area contributed by atoms with E-state index in [4.69, 9.17) is 5.11 Å². The fourth-order valence-electron chi connectivity index (χ4n) is 1.24. The van der Waals surface area contributed by atoms with Crippen LogP contribution in [0.4, 0.5) is 4.79 Å². The molecule has 4 heteroatoms. The summed E-state index contributed by atoms with van der Waals surface area (Å²) in [6.07, 6.45) is 1.70. The van der Waals surface area contributed by atoms with E-state index in [9.17, 15) is 4.79 Å². The Kier molecular flexibility index (Phi) is 6.32. The summed E-state index contributed by atoms with van der Waals surface area (Å²) in [5.74, 6) is 0. The minimum atomic E-state index is -0.0328. The highest BCUT2D eigenvalue weighted by Crippen LogP contribution is 2.20. The standard InChI is InChI=1S/C11H24N2O2/c1-5-13(4)10(15)12-9-11(2,3)7-6-8-14/h14H,5-9H2,1-4H3,(H,12,15). The third-order valence-electron chi connectivity index (χ3n) is 2.55. The van der Waals surface area contributed by atoms with E-state index in [1.54, 1.807) is 11.9 Å². The van der Waals surface area contributed by atoms with Crippen LogP contribution in [0, 0.1) is 5.41 Å². The fourth-order valence-corrected chi connectivity index (χ4v) is 1.24. The average molecular weight is 216 g/mol. The number of nitrogens with one attached hydrogen (secondary N) is 1. The van der Waals surface area contributed by atoms with Gasteiger partial charge in [0.2, 0.25) is 0 Å². The predicted molar refractivity (Wildman–Crippen MR) is 61.8 cm³/mol. The summed E-state index contributed by atoms with van der Waals surface area (Å²) in [5.41, 5.74) is 0.0486.